The summed E-state index contributed by atoms with van der Waals surface area (Å²) in [6.45, 7) is 1.69. The molecule has 0 spiro atoms. The van der Waals surface area contributed by atoms with Crippen LogP contribution in [-0.2, 0) is 4.79 Å². The normalized spacial score (nSPS) is 12.1. The van der Waals surface area contributed by atoms with Crippen molar-refractivity contribution < 1.29 is 14.6 Å². The van der Waals surface area contributed by atoms with Gasteiger partial charge in [-0.05, 0) is 36.8 Å². The second kappa shape index (κ2) is 6.76. The lowest BCUT2D eigenvalue weighted by atomic mass is 10.0. The third-order valence-electron chi connectivity index (χ3n) is 4.16. The first-order valence-electron chi connectivity index (χ1n) is 7.83. The van der Waals surface area contributed by atoms with E-state index >= 15 is 0 Å². The molecule has 0 aliphatic rings. The predicted molar refractivity (Wildman–Crippen MR) is 91.5 cm³/mol. The first-order chi connectivity index (χ1) is 12.0. The minimum atomic E-state index is -1.24. The van der Waals surface area contributed by atoms with Crippen molar-refractivity contribution in [2.75, 3.05) is 7.11 Å². The van der Waals surface area contributed by atoms with Gasteiger partial charge in [0.05, 0.1) is 24.1 Å². The number of fused-ring (bicyclic) bond motifs is 1. The summed E-state index contributed by atoms with van der Waals surface area (Å²) in [5.41, 5.74) is 0.987. The third-order valence-corrected chi connectivity index (χ3v) is 4.16. The Kier molecular flexibility index (Phi) is 4.52. The van der Waals surface area contributed by atoms with Crippen LogP contribution in [0.2, 0.25) is 0 Å². The van der Waals surface area contributed by atoms with Crippen LogP contribution < -0.4 is 15.4 Å². The maximum atomic E-state index is 13.0. The van der Waals surface area contributed by atoms with E-state index in [1.165, 1.54) is 4.57 Å². The molecule has 0 saturated heterocycles. The summed E-state index contributed by atoms with van der Waals surface area (Å²) < 4.78 is 6.55. The van der Waals surface area contributed by atoms with Gasteiger partial charge in [0, 0.05) is 12.4 Å². The average molecular weight is 337 g/mol. The summed E-state index contributed by atoms with van der Waals surface area (Å²) in [6.07, 6.45) is -0.326. The summed E-state index contributed by atoms with van der Waals surface area (Å²) in [7, 11) is 1.55. The summed E-state index contributed by atoms with van der Waals surface area (Å²) in [6, 6.07) is 13.2. The number of para-hydroxylation sites is 1. The van der Waals surface area contributed by atoms with E-state index in [1.54, 1.807) is 62.6 Å². The second-order valence-electron chi connectivity index (χ2n) is 5.72. The Bertz CT molecular complexity index is 977. The number of carboxylic acids is 1. The van der Waals surface area contributed by atoms with Gasteiger partial charge in [0.1, 0.15) is 11.6 Å². The highest BCUT2D eigenvalue weighted by molar-refractivity contribution is 5.77. The Morgan fingerprint density at radius 1 is 1.20 bits per heavy atom. The molecule has 1 heterocycles. The van der Waals surface area contributed by atoms with Crippen LogP contribution >= 0.6 is 0 Å². The number of ether oxygens (including phenoxy) is 1. The number of methoxy groups -OCH3 is 1. The fourth-order valence-electron chi connectivity index (χ4n) is 2.97. The molecule has 0 radical (unpaired) electrons. The molecule has 6 nitrogen and oxygen atoms in total. The predicted octanol–water partition coefficient (Wildman–Crippen LogP) is 1.44. The lowest BCUT2D eigenvalue weighted by Gasteiger charge is -2.23. The van der Waals surface area contributed by atoms with E-state index in [2.05, 4.69) is 4.98 Å². The molecule has 3 aromatic rings. The van der Waals surface area contributed by atoms with Crippen LogP contribution in [0.4, 0.5) is 0 Å². The van der Waals surface area contributed by atoms with Gasteiger partial charge in [0.15, 0.2) is 0 Å². The van der Waals surface area contributed by atoms with Crippen LogP contribution in [-0.4, -0.2) is 22.6 Å². The number of hydrogen-bond acceptors (Lipinski definition) is 5. The number of aromatic nitrogens is 2. The number of aliphatic carboxylic acids is 1. The van der Waals surface area contributed by atoms with Gasteiger partial charge >= 0.3 is 0 Å². The van der Waals surface area contributed by atoms with E-state index in [9.17, 15) is 14.7 Å². The Hall–Kier alpha value is -3.15. The number of rotatable bonds is 5. The first-order valence-corrected chi connectivity index (χ1v) is 7.83. The van der Waals surface area contributed by atoms with Gasteiger partial charge in [-0.3, -0.25) is 9.36 Å². The maximum absolute atomic E-state index is 13.0. The molecule has 25 heavy (non-hydrogen) atoms. The SMILES string of the molecule is COc1ccc([C@@H](CC(=O)[O-])n2c(C)nc3ccccc3c2=O)cc1. The highest BCUT2D eigenvalue weighted by atomic mass is 16.5. The molecular weight excluding hydrogens is 320 g/mol. The molecule has 1 atom stereocenters. The molecule has 0 unspecified atom stereocenters. The van der Waals surface area contributed by atoms with Crippen molar-refractivity contribution in [1.29, 1.82) is 0 Å². The van der Waals surface area contributed by atoms with Crippen molar-refractivity contribution in [1.82, 2.24) is 9.55 Å². The van der Waals surface area contributed by atoms with Gasteiger partial charge in [-0.1, -0.05) is 24.3 Å². The number of nitrogens with zero attached hydrogens (tertiary/aromatic N) is 2. The molecule has 0 bridgehead atoms. The first kappa shape index (κ1) is 16.7. The molecule has 0 N–H and O–H groups in total. The number of hydrogen-bond donors (Lipinski definition) is 0. The topological polar surface area (TPSA) is 84.2 Å². The van der Waals surface area contributed by atoms with Gasteiger partial charge in [0.2, 0.25) is 0 Å². The van der Waals surface area contributed by atoms with E-state index in [1.807, 2.05) is 0 Å². The van der Waals surface area contributed by atoms with Crippen LogP contribution in [0.3, 0.4) is 0 Å². The Balaban J connectivity index is 2.20. The van der Waals surface area contributed by atoms with Gasteiger partial charge in [-0.2, -0.15) is 0 Å². The average Bonchev–Trinajstić information content (AvgIpc) is 2.60. The van der Waals surface area contributed by atoms with Crippen molar-refractivity contribution >= 4 is 16.9 Å². The smallest absolute Gasteiger partial charge is 0.261 e. The number of carboxylic acid groups (broad SMARTS) is 1. The van der Waals surface area contributed by atoms with Crippen LogP contribution in [0.5, 0.6) is 5.75 Å². The van der Waals surface area contributed by atoms with Crippen LogP contribution in [0.25, 0.3) is 10.9 Å². The minimum absolute atomic E-state index is 0.273. The molecular formula is C19H17N2O4-. The number of benzene rings is 2. The lowest BCUT2D eigenvalue weighted by molar-refractivity contribution is -0.306. The van der Waals surface area contributed by atoms with E-state index < -0.39 is 12.0 Å². The molecule has 0 fully saturated rings. The molecule has 0 aliphatic heterocycles. The minimum Gasteiger partial charge on any atom is -0.550 e. The van der Waals surface area contributed by atoms with Crippen molar-refractivity contribution in [2.24, 2.45) is 0 Å². The molecule has 0 aliphatic carbocycles. The molecule has 0 saturated carbocycles. The van der Waals surface area contributed by atoms with Crippen molar-refractivity contribution in [3.8, 4) is 5.75 Å². The zero-order valence-corrected chi connectivity index (χ0v) is 13.9. The number of carbonyl (C=O) groups excluding carboxylic acids is 1. The monoisotopic (exact) mass is 337 g/mol. The Labute approximate surface area is 144 Å². The maximum Gasteiger partial charge on any atom is 0.261 e. The van der Waals surface area contributed by atoms with Gasteiger partial charge in [-0.15, -0.1) is 0 Å². The highest BCUT2D eigenvalue weighted by Gasteiger charge is 2.20. The molecule has 2 aromatic carbocycles. The van der Waals surface area contributed by atoms with Gasteiger partial charge in [-0.25, -0.2) is 4.98 Å². The zero-order chi connectivity index (χ0) is 18.0. The van der Waals surface area contributed by atoms with Gasteiger partial charge in [0.25, 0.3) is 5.56 Å². The number of aryl methyl sites for hydroxylation is 1. The fourth-order valence-corrected chi connectivity index (χ4v) is 2.97. The standard InChI is InChI=1S/C19H18N2O4/c1-12-20-16-6-4-3-5-15(16)19(24)21(12)17(11-18(22)23)13-7-9-14(25-2)10-8-13/h3-10,17H,11H2,1-2H3,(H,22,23)/p-1/t17-/m1/s1. The highest BCUT2D eigenvalue weighted by Crippen LogP contribution is 2.24. The molecule has 3 rings (SSSR count). The van der Waals surface area contributed by atoms with E-state index in [0.29, 0.717) is 28.0 Å². The molecule has 1 aromatic heterocycles. The van der Waals surface area contributed by atoms with Crippen molar-refractivity contribution in [3.05, 3.63) is 70.3 Å². The largest absolute Gasteiger partial charge is 0.550 e. The summed E-state index contributed by atoms with van der Waals surface area (Å²) in [5, 5.41) is 11.7. The molecule has 0 amide bonds. The number of carbonyl (C=O) groups is 1. The Morgan fingerprint density at radius 3 is 2.52 bits per heavy atom. The quantitative estimate of drug-likeness (QED) is 0.703. The lowest BCUT2D eigenvalue weighted by Crippen LogP contribution is -2.33. The molecule has 128 valence electrons. The van der Waals surface area contributed by atoms with E-state index in [0.717, 1.165) is 0 Å². The van der Waals surface area contributed by atoms with Crippen molar-refractivity contribution in [3.63, 3.8) is 0 Å². The molecule has 6 heteroatoms. The van der Waals surface area contributed by atoms with E-state index in [-0.39, 0.29) is 12.0 Å². The van der Waals surface area contributed by atoms with Crippen LogP contribution in [0.15, 0.2) is 53.3 Å². The second-order valence-corrected chi connectivity index (χ2v) is 5.72. The summed E-state index contributed by atoms with van der Waals surface area (Å²) >= 11 is 0. The summed E-state index contributed by atoms with van der Waals surface area (Å²) in [4.78, 5) is 28.7. The summed E-state index contributed by atoms with van der Waals surface area (Å²) in [5.74, 6) is -0.136. The third kappa shape index (κ3) is 3.24. The van der Waals surface area contributed by atoms with Gasteiger partial charge < -0.3 is 14.6 Å². The van der Waals surface area contributed by atoms with E-state index in [4.69, 9.17) is 4.74 Å². The van der Waals surface area contributed by atoms with Crippen LogP contribution in [0, 0.1) is 6.92 Å². The van der Waals surface area contributed by atoms with Crippen LogP contribution in [0.1, 0.15) is 23.9 Å². The zero-order valence-electron chi connectivity index (χ0n) is 13.9. The fraction of sp³-hybridized carbons (Fsp3) is 0.211. The van der Waals surface area contributed by atoms with Crippen molar-refractivity contribution in [2.45, 2.75) is 19.4 Å². The Morgan fingerprint density at radius 2 is 1.88 bits per heavy atom.